The van der Waals surface area contributed by atoms with Crippen LogP contribution in [0.2, 0.25) is 0 Å². The van der Waals surface area contributed by atoms with Crippen LogP contribution >= 0.6 is 0 Å². The van der Waals surface area contributed by atoms with E-state index < -0.39 is 11.5 Å². The monoisotopic (exact) mass is 272 g/mol. The van der Waals surface area contributed by atoms with Crippen molar-refractivity contribution in [1.82, 2.24) is 0 Å². The van der Waals surface area contributed by atoms with Gasteiger partial charge in [-0.1, -0.05) is 60.7 Å². The molecule has 0 spiro atoms. The quantitative estimate of drug-likeness (QED) is 0.753. The second kappa shape index (κ2) is 6.66. The van der Waals surface area contributed by atoms with Crippen molar-refractivity contribution in [2.75, 3.05) is 13.2 Å². The number of rotatable bonds is 6. The van der Waals surface area contributed by atoms with E-state index in [4.69, 9.17) is 0 Å². The minimum atomic E-state index is -1.31. The van der Waals surface area contributed by atoms with Crippen molar-refractivity contribution < 1.29 is 15.3 Å². The fourth-order valence-corrected chi connectivity index (χ4v) is 2.61. The molecule has 0 aliphatic rings. The zero-order chi connectivity index (χ0) is 14.4. The zero-order valence-corrected chi connectivity index (χ0v) is 11.3. The summed E-state index contributed by atoms with van der Waals surface area (Å²) in [6.45, 7) is -0.270. The van der Waals surface area contributed by atoms with Crippen molar-refractivity contribution in [3.63, 3.8) is 0 Å². The molecule has 0 bridgehead atoms. The van der Waals surface area contributed by atoms with E-state index in [2.05, 4.69) is 0 Å². The van der Waals surface area contributed by atoms with Gasteiger partial charge in [0.25, 0.3) is 0 Å². The Morgan fingerprint density at radius 3 is 1.60 bits per heavy atom. The first-order chi connectivity index (χ1) is 9.73. The van der Waals surface area contributed by atoms with E-state index in [-0.39, 0.29) is 13.2 Å². The van der Waals surface area contributed by atoms with Crippen LogP contribution in [0, 0.1) is 5.92 Å². The molecule has 20 heavy (non-hydrogen) atoms. The molecule has 0 saturated heterocycles. The van der Waals surface area contributed by atoms with Gasteiger partial charge in [-0.05, 0) is 17.5 Å². The van der Waals surface area contributed by atoms with Gasteiger partial charge < -0.3 is 15.3 Å². The summed E-state index contributed by atoms with van der Waals surface area (Å²) in [5, 5.41) is 30.1. The fourth-order valence-electron chi connectivity index (χ4n) is 2.61. The number of aliphatic hydroxyl groups is 3. The third-order valence-electron chi connectivity index (χ3n) is 3.72. The molecule has 0 amide bonds. The predicted molar refractivity (Wildman–Crippen MR) is 78.2 cm³/mol. The third kappa shape index (κ3) is 2.75. The number of aliphatic hydroxyl groups excluding tert-OH is 2. The normalized spacial score (nSPS) is 13.2. The molecule has 0 heterocycles. The van der Waals surface area contributed by atoms with Crippen molar-refractivity contribution in [2.45, 2.75) is 12.0 Å². The van der Waals surface area contributed by atoms with Gasteiger partial charge in [0.1, 0.15) is 5.60 Å². The topological polar surface area (TPSA) is 60.7 Å². The Labute approximate surface area is 119 Å². The lowest BCUT2D eigenvalue weighted by Crippen LogP contribution is -2.39. The highest BCUT2D eigenvalue weighted by molar-refractivity contribution is 5.37. The molecule has 3 N–H and O–H groups in total. The van der Waals surface area contributed by atoms with Gasteiger partial charge in [-0.2, -0.15) is 0 Å². The van der Waals surface area contributed by atoms with Crippen molar-refractivity contribution in [3.8, 4) is 0 Å². The van der Waals surface area contributed by atoms with Crippen LogP contribution in [0.4, 0.5) is 0 Å². The second-order valence-electron chi connectivity index (χ2n) is 4.89. The molecule has 2 rings (SSSR count). The Hall–Kier alpha value is -1.68. The van der Waals surface area contributed by atoms with Crippen LogP contribution in [0.3, 0.4) is 0 Å². The third-order valence-corrected chi connectivity index (χ3v) is 3.72. The van der Waals surface area contributed by atoms with Crippen LogP contribution in [0.1, 0.15) is 17.5 Å². The van der Waals surface area contributed by atoms with Crippen LogP contribution in [-0.2, 0) is 5.60 Å². The van der Waals surface area contributed by atoms with Gasteiger partial charge in [-0.3, -0.25) is 0 Å². The van der Waals surface area contributed by atoms with Crippen LogP contribution in [0.15, 0.2) is 60.7 Å². The van der Waals surface area contributed by atoms with Gasteiger partial charge in [-0.15, -0.1) is 0 Å². The van der Waals surface area contributed by atoms with E-state index in [1.807, 2.05) is 60.7 Å². The summed E-state index contributed by atoms with van der Waals surface area (Å²) in [6, 6.07) is 18.6. The predicted octanol–water partition coefficient (Wildman–Crippen LogP) is 1.91. The summed E-state index contributed by atoms with van der Waals surface area (Å²) in [4.78, 5) is 0. The van der Waals surface area contributed by atoms with Gasteiger partial charge in [0.05, 0.1) is 0 Å². The van der Waals surface area contributed by atoms with Gasteiger partial charge in [0.15, 0.2) is 0 Å². The highest BCUT2D eigenvalue weighted by Gasteiger charge is 2.39. The van der Waals surface area contributed by atoms with Crippen molar-refractivity contribution in [1.29, 1.82) is 0 Å². The lowest BCUT2D eigenvalue weighted by Gasteiger charge is -2.36. The van der Waals surface area contributed by atoms with E-state index in [1.54, 1.807) is 0 Å². The summed E-state index contributed by atoms with van der Waals surface area (Å²) in [7, 11) is 0. The molecule has 2 aromatic carbocycles. The summed E-state index contributed by atoms with van der Waals surface area (Å²) in [5.41, 5.74) is 0.136. The van der Waals surface area contributed by atoms with Crippen molar-refractivity contribution in [2.24, 2.45) is 5.92 Å². The molecule has 1 atom stereocenters. The van der Waals surface area contributed by atoms with Crippen LogP contribution in [0.25, 0.3) is 0 Å². The first kappa shape index (κ1) is 14.7. The average molecular weight is 272 g/mol. The maximum absolute atomic E-state index is 11.3. The lowest BCUT2D eigenvalue weighted by atomic mass is 9.75. The molecule has 0 radical (unpaired) electrons. The van der Waals surface area contributed by atoms with E-state index in [9.17, 15) is 15.3 Å². The maximum atomic E-state index is 11.3. The molecule has 0 aliphatic carbocycles. The molecule has 106 valence electrons. The molecule has 2 aromatic rings. The standard InChI is InChI=1S/C17H20O3/c18-12-11-16(13-19)17(20,14-7-3-1-4-8-14)15-9-5-2-6-10-15/h1-10,16,18-20H,11-13H2. The highest BCUT2D eigenvalue weighted by atomic mass is 16.3. The van der Waals surface area contributed by atoms with Gasteiger partial charge >= 0.3 is 0 Å². The second-order valence-corrected chi connectivity index (χ2v) is 4.89. The molecule has 3 heteroatoms. The Morgan fingerprint density at radius 2 is 1.25 bits per heavy atom. The fraction of sp³-hybridized carbons (Fsp3) is 0.294. The maximum Gasteiger partial charge on any atom is 0.120 e. The van der Waals surface area contributed by atoms with E-state index in [1.165, 1.54) is 0 Å². The highest BCUT2D eigenvalue weighted by Crippen LogP contribution is 2.38. The number of benzene rings is 2. The Kier molecular flexibility index (Phi) is 4.90. The van der Waals surface area contributed by atoms with Crippen LogP contribution < -0.4 is 0 Å². The SMILES string of the molecule is OCCC(CO)C(O)(c1ccccc1)c1ccccc1. The zero-order valence-electron chi connectivity index (χ0n) is 11.3. The number of hydrogen-bond acceptors (Lipinski definition) is 3. The van der Waals surface area contributed by atoms with Gasteiger partial charge in [0.2, 0.25) is 0 Å². The molecule has 0 fully saturated rings. The van der Waals surface area contributed by atoms with Gasteiger partial charge in [0, 0.05) is 19.1 Å². The smallest absolute Gasteiger partial charge is 0.120 e. The molecule has 0 saturated carbocycles. The average Bonchev–Trinajstić information content (AvgIpc) is 2.53. The Balaban J connectivity index is 2.54. The summed E-state index contributed by atoms with van der Waals surface area (Å²) >= 11 is 0. The molecule has 0 aliphatic heterocycles. The Bertz CT molecular complexity index is 471. The molecule has 0 aromatic heterocycles. The molecule has 3 nitrogen and oxygen atoms in total. The largest absolute Gasteiger partial charge is 0.396 e. The molecular formula is C17H20O3. The lowest BCUT2D eigenvalue weighted by molar-refractivity contribution is -0.0202. The first-order valence-electron chi connectivity index (χ1n) is 6.78. The van der Waals surface area contributed by atoms with E-state index in [0.29, 0.717) is 6.42 Å². The minimum Gasteiger partial charge on any atom is -0.396 e. The summed E-state index contributed by atoms with van der Waals surface area (Å²) < 4.78 is 0. The number of hydrogen-bond donors (Lipinski definition) is 3. The molecule has 1 unspecified atom stereocenters. The first-order valence-corrected chi connectivity index (χ1v) is 6.78. The van der Waals surface area contributed by atoms with Crippen molar-refractivity contribution in [3.05, 3.63) is 71.8 Å². The van der Waals surface area contributed by atoms with E-state index >= 15 is 0 Å². The van der Waals surface area contributed by atoms with Gasteiger partial charge in [-0.25, -0.2) is 0 Å². The Morgan fingerprint density at radius 1 is 0.800 bits per heavy atom. The summed E-state index contributed by atoms with van der Waals surface area (Å²) in [5.74, 6) is -0.461. The summed E-state index contributed by atoms with van der Waals surface area (Å²) in [6.07, 6.45) is 0.330. The van der Waals surface area contributed by atoms with Crippen LogP contribution in [0.5, 0.6) is 0 Å². The molecular weight excluding hydrogens is 252 g/mol. The van der Waals surface area contributed by atoms with Crippen molar-refractivity contribution >= 4 is 0 Å². The minimum absolute atomic E-state index is 0.0762. The van der Waals surface area contributed by atoms with Crippen LogP contribution in [-0.4, -0.2) is 28.5 Å². The van der Waals surface area contributed by atoms with E-state index in [0.717, 1.165) is 11.1 Å².